The largest absolute Gasteiger partial charge is 0.488 e. The van der Waals surface area contributed by atoms with Crippen molar-refractivity contribution in [3.05, 3.63) is 41.1 Å². The van der Waals surface area contributed by atoms with E-state index < -0.39 is 0 Å². The molecular weight excluding hydrogens is 273 g/mol. The molecule has 1 aromatic rings. The van der Waals surface area contributed by atoms with Crippen LogP contribution in [0.5, 0.6) is 5.75 Å². The van der Waals surface area contributed by atoms with Crippen LogP contribution in [0.3, 0.4) is 0 Å². The lowest BCUT2D eigenvalue weighted by molar-refractivity contribution is 0.217. The van der Waals surface area contributed by atoms with Crippen molar-refractivity contribution in [2.45, 2.75) is 13.0 Å². The highest BCUT2D eigenvalue weighted by Crippen LogP contribution is 2.26. The summed E-state index contributed by atoms with van der Waals surface area (Å²) in [5, 5.41) is 3.15. The Morgan fingerprint density at radius 1 is 1.62 bits per heavy atom. The van der Waals surface area contributed by atoms with Gasteiger partial charge in [-0.15, -0.1) is 6.58 Å². The maximum absolute atomic E-state index is 12.8. The SMILES string of the molecule is C=CCNCC(C)Oc1ccc(F)cc1Br. The van der Waals surface area contributed by atoms with E-state index in [-0.39, 0.29) is 11.9 Å². The minimum absolute atomic E-state index is 0.0155. The average molecular weight is 288 g/mol. The first-order valence-corrected chi connectivity index (χ1v) is 5.86. The molecule has 2 nitrogen and oxygen atoms in total. The van der Waals surface area contributed by atoms with Gasteiger partial charge in [-0.2, -0.15) is 0 Å². The van der Waals surface area contributed by atoms with E-state index in [9.17, 15) is 4.39 Å². The van der Waals surface area contributed by atoms with E-state index in [1.807, 2.05) is 6.92 Å². The van der Waals surface area contributed by atoms with Crippen LogP contribution in [-0.4, -0.2) is 19.2 Å². The molecule has 0 fully saturated rings. The zero-order valence-electron chi connectivity index (χ0n) is 9.17. The summed E-state index contributed by atoms with van der Waals surface area (Å²) in [6, 6.07) is 4.38. The fourth-order valence-corrected chi connectivity index (χ4v) is 1.66. The molecular formula is C12H15BrFNO. The summed E-state index contributed by atoms with van der Waals surface area (Å²) in [4.78, 5) is 0. The Labute approximate surface area is 104 Å². The molecule has 0 saturated heterocycles. The molecule has 0 radical (unpaired) electrons. The highest BCUT2D eigenvalue weighted by atomic mass is 79.9. The highest BCUT2D eigenvalue weighted by molar-refractivity contribution is 9.10. The van der Waals surface area contributed by atoms with Gasteiger partial charge in [0, 0.05) is 13.1 Å². The zero-order valence-corrected chi connectivity index (χ0v) is 10.8. The van der Waals surface area contributed by atoms with Crippen molar-refractivity contribution in [3.8, 4) is 5.75 Å². The standard InChI is InChI=1S/C12H15BrFNO/c1-3-6-15-8-9(2)16-12-5-4-10(14)7-11(12)13/h3-5,7,9,15H,1,6,8H2,2H3. The second kappa shape index (κ2) is 6.66. The van der Waals surface area contributed by atoms with Crippen LogP contribution in [0.15, 0.2) is 35.3 Å². The predicted octanol–water partition coefficient (Wildman–Crippen LogP) is 3.13. The van der Waals surface area contributed by atoms with Crippen molar-refractivity contribution in [1.29, 1.82) is 0 Å². The van der Waals surface area contributed by atoms with Crippen molar-refractivity contribution in [3.63, 3.8) is 0 Å². The maximum Gasteiger partial charge on any atom is 0.134 e. The molecule has 4 heteroatoms. The number of hydrogen-bond acceptors (Lipinski definition) is 2. The van der Waals surface area contributed by atoms with Crippen molar-refractivity contribution in [1.82, 2.24) is 5.32 Å². The van der Waals surface area contributed by atoms with Gasteiger partial charge in [0.25, 0.3) is 0 Å². The van der Waals surface area contributed by atoms with Gasteiger partial charge in [-0.1, -0.05) is 6.08 Å². The Hall–Kier alpha value is -0.870. The summed E-state index contributed by atoms with van der Waals surface area (Å²) >= 11 is 3.26. The second-order valence-electron chi connectivity index (χ2n) is 3.45. The molecule has 0 spiro atoms. The minimum Gasteiger partial charge on any atom is -0.488 e. The third kappa shape index (κ3) is 4.33. The van der Waals surface area contributed by atoms with Gasteiger partial charge < -0.3 is 10.1 Å². The molecule has 0 heterocycles. The normalized spacial score (nSPS) is 12.2. The van der Waals surface area contributed by atoms with Crippen LogP contribution in [0.1, 0.15) is 6.92 Å². The highest BCUT2D eigenvalue weighted by Gasteiger charge is 2.07. The summed E-state index contributed by atoms with van der Waals surface area (Å²) in [6.45, 7) is 7.03. The summed E-state index contributed by atoms with van der Waals surface area (Å²) < 4.78 is 19.1. The first-order valence-electron chi connectivity index (χ1n) is 5.07. The minimum atomic E-state index is -0.281. The third-order valence-corrected chi connectivity index (χ3v) is 2.56. The molecule has 0 amide bonds. The average Bonchev–Trinajstić information content (AvgIpc) is 2.23. The quantitative estimate of drug-likeness (QED) is 0.641. The monoisotopic (exact) mass is 287 g/mol. The number of ether oxygens (including phenoxy) is 1. The van der Waals surface area contributed by atoms with Crippen LogP contribution in [0, 0.1) is 5.82 Å². The molecule has 1 aromatic carbocycles. The molecule has 1 rings (SSSR count). The summed E-state index contributed by atoms with van der Waals surface area (Å²) in [6.07, 6.45) is 1.81. The van der Waals surface area contributed by atoms with Crippen LogP contribution in [0.4, 0.5) is 4.39 Å². The van der Waals surface area contributed by atoms with E-state index in [1.54, 1.807) is 12.1 Å². The van der Waals surface area contributed by atoms with Gasteiger partial charge in [-0.3, -0.25) is 0 Å². The lowest BCUT2D eigenvalue weighted by Gasteiger charge is -2.16. The Bertz CT molecular complexity index is 357. The van der Waals surface area contributed by atoms with Gasteiger partial charge in [0.1, 0.15) is 17.7 Å². The summed E-state index contributed by atoms with van der Waals surface area (Å²) in [5.41, 5.74) is 0. The molecule has 88 valence electrons. The van der Waals surface area contributed by atoms with Gasteiger partial charge in [0.05, 0.1) is 4.47 Å². The van der Waals surface area contributed by atoms with Crippen molar-refractivity contribution in [2.24, 2.45) is 0 Å². The Morgan fingerprint density at radius 3 is 3.00 bits per heavy atom. The van der Waals surface area contributed by atoms with E-state index in [4.69, 9.17) is 4.74 Å². The zero-order chi connectivity index (χ0) is 12.0. The number of halogens is 2. The Morgan fingerprint density at radius 2 is 2.38 bits per heavy atom. The first-order chi connectivity index (χ1) is 7.63. The van der Waals surface area contributed by atoms with E-state index in [2.05, 4.69) is 27.8 Å². The van der Waals surface area contributed by atoms with Crippen LogP contribution >= 0.6 is 15.9 Å². The Balaban J connectivity index is 2.49. The lowest BCUT2D eigenvalue weighted by Crippen LogP contribution is -2.29. The predicted molar refractivity (Wildman–Crippen MR) is 67.3 cm³/mol. The van der Waals surface area contributed by atoms with Crippen LogP contribution < -0.4 is 10.1 Å². The van der Waals surface area contributed by atoms with Gasteiger partial charge in [-0.25, -0.2) is 4.39 Å². The fraction of sp³-hybridized carbons (Fsp3) is 0.333. The lowest BCUT2D eigenvalue weighted by atomic mass is 10.3. The van der Waals surface area contributed by atoms with Gasteiger partial charge >= 0.3 is 0 Å². The van der Waals surface area contributed by atoms with E-state index in [0.29, 0.717) is 10.2 Å². The van der Waals surface area contributed by atoms with Crippen molar-refractivity contribution < 1.29 is 9.13 Å². The third-order valence-electron chi connectivity index (χ3n) is 1.94. The topological polar surface area (TPSA) is 21.3 Å². The van der Waals surface area contributed by atoms with Gasteiger partial charge in [-0.05, 0) is 41.1 Å². The molecule has 0 aliphatic carbocycles. The van der Waals surface area contributed by atoms with Crippen molar-refractivity contribution >= 4 is 15.9 Å². The molecule has 0 aliphatic rings. The molecule has 1 N–H and O–H groups in total. The van der Waals surface area contributed by atoms with E-state index in [1.165, 1.54) is 12.1 Å². The number of hydrogen-bond donors (Lipinski definition) is 1. The van der Waals surface area contributed by atoms with Crippen LogP contribution in [0.25, 0.3) is 0 Å². The molecule has 0 saturated carbocycles. The maximum atomic E-state index is 12.8. The van der Waals surface area contributed by atoms with Crippen molar-refractivity contribution in [2.75, 3.05) is 13.1 Å². The number of benzene rings is 1. The van der Waals surface area contributed by atoms with E-state index >= 15 is 0 Å². The summed E-state index contributed by atoms with van der Waals surface area (Å²) in [5.74, 6) is 0.367. The van der Waals surface area contributed by atoms with Crippen LogP contribution in [-0.2, 0) is 0 Å². The molecule has 1 atom stereocenters. The number of rotatable bonds is 6. The molecule has 16 heavy (non-hydrogen) atoms. The molecule has 0 bridgehead atoms. The van der Waals surface area contributed by atoms with Crippen LogP contribution in [0.2, 0.25) is 0 Å². The summed E-state index contributed by atoms with van der Waals surface area (Å²) in [7, 11) is 0. The van der Waals surface area contributed by atoms with Gasteiger partial charge in [0.2, 0.25) is 0 Å². The van der Waals surface area contributed by atoms with Gasteiger partial charge in [0.15, 0.2) is 0 Å². The number of nitrogens with one attached hydrogen (secondary N) is 1. The van der Waals surface area contributed by atoms with E-state index in [0.717, 1.165) is 13.1 Å². The second-order valence-corrected chi connectivity index (χ2v) is 4.30. The fourth-order valence-electron chi connectivity index (χ4n) is 1.22. The molecule has 1 unspecified atom stereocenters. The molecule has 0 aliphatic heterocycles. The Kier molecular flexibility index (Phi) is 5.49. The first kappa shape index (κ1) is 13.2. The smallest absolute Gasteiger partial charge is 0.134 e. The molecule has 0 aromatic heterocycles.